The number of imidazole rings is 1. The molecule has 0 unspecified atom stereocenters. The van der Waals surface area contributed by atoms with Crippen LogP contribution in [0.2, 0.25) is 10.0 Å². The van der Waals surface area contributed by atoms with E-state index >= 15 is 0 Å². The van der Waals surface area contributed by atoms with E-state index in [4.69, 9.17) is 23.2 Å². The van der Waals surface area contributed by atoms with E-state index in [1.807, 2.05) is 34.9 Å². The van der Waals surface area contributed by atoms with Crippen LogP contribution in [-0.2, 0) is 15.4 Å². The predicted molar refractivity (Wildman–Crippen MR) is 133 cm³/mol. The summed E-state index contributed by atoms with van der Waals surface area (Å²) < 4.78 is 25.7. The molecule has 170 valence electrons. The minimum Gasteiger partial charge on any atom is -0.384 e. The van der Waals surface area contributed by atoms with Crippen LogP contribution in [-0.4, -0.2) is 29.3 Å². The Morgan fingerprint density at radius 1 is 0.909 bits per heavy atom. The van der Waals surface area contributed by atoms with E-state index in [1.54, 1.807) is 56.4 Å². The van der Waals surface area contributed by atoms with Crippen LogP contribution >= 0.6 is 23.2 Å². The van der Waals surface area contributed by atoms with Crippen LogP contribution < -0.4 is 0 Å². The van der Waals surface area contributed by atoms with Crippen molar-refractivity contribution in [2.24, 2.45) is 0 Å². The summed E-state index contributed by atoms with van der Waals surface area (Å²) in [7, 11) is -3.30. The van der Waals surface area contributed by atoms with Crippen LogP contribution in [0.15, 0.2) is 77.8 Å². The number of rotatable bonds is 5. The summed E-state index contributed by atoms with van der Waals surface area (Å²) in [5, 5.41) is 11.5. The number of halogens is 2. The highest BCUT2D eigenvalue weighted by Gasteiger charge is 2.25. The molecule has 0 spiro atoms. The number of sulfone groups is 1. The first-order valence-electron chi connectivity index (χ1n) is 10.1. The van der Waals surface area contributed by atoms with Gasteiger partial charge in [-0.25, -0.2) is 13.4 Å². The summed E-state index contributed by atoms with van der Waals surface area (Å²) in [6.07, 6.45) is 2.95. The first-order chi connectivity index (χ1) is 15.4. The second kappa shape index (κ2) is 8.61. The van der Waals surface area contributed by atoms with Gasteiger partial charge < -0.3 is 5.11 Å². The van der Waals surface area contributed by atoms with E-state index in [1.165, 1.54) is 6.26 Å². The van der Waals surface area contributed by atoms with Crippen molar-refractivity contribution in [1.29, 1.82) is 0 Å². The molecular weight excluding hydrogens is 479 g/mol. The van der Waals surface area contributed by atoms with Crippen molar-refractivity contribution < 1.29 is 13.5 Å². The molecule has 0 aliphatic rings. The van der Waals surface area contributed by atoms with Crippen molar-refractivity contribution in [2.75, 3.05) is 6.26 Å². The number of benzene rings is 3. The minimum atomic E-state index is -3.30. The van der Waals surface area contributed by atoms with Crippen molar-refractivity contribution >= 4 is 33.0 Å². The Bertz CT molecular complexity index is 1420. The van der Waals surface area contributed by atoms with Gasteiger partial charge in [-0.2, -0.15) is 0 Å². The molecule has 4 aromatic rings. The molecule has 1 heterocycles. The third-order valence-corrected chi connectivity index (χ3v) is 7.00. The Kier molecular flexibility index (Phi) is 6.14. The van der Waals surface area contributed by atoms with Gasteiger partial charge in [0.2, 0.25) is 0 Å². The first-order valence-corrected chi connectivity index (χ1v) is 12.8. The average Bonchev–Trinajstić information content (AvgIpc) is 3.19. The van der Waals surface area contributed by atoms with Crippen LogP contribution in [0.1, 0.15) is 19.5 Å². The molecule has 0 amide bonds. The molecule has 0 aliphatic heterocycles. The second-order valence-corrected chi connectivity index (χ2v) is 11.2. The van der Waals surface area contributed by atoms with Crippen molar-refractivity contribution in [3.63, 3.8) is 0 Å². The Morgan fingerprint density at radius 3 is 2.09 bits per heavy atom. The zero-order valence-corrected chi connectivity index (χ0v) is 20.6. The topological polar surface area (TPSA) is 72.2 Å². The third kappa shape index (κ3) is 4.84. The summed E-state index contributed by atoms with van der Waals surface area (Å²) in [5.74, 6) is 0.509. The molecule has 0 bridgehead atoms. The molecule has 33 heavy (non-hydrogen) atoms. The SMILES string of the molecule is CC(C)(O)c1cn(-c2ccc(-c3cccc(S(C)(=O)=O)c3)cc2)c(-c2c(Cl)cccc2Cl)n1. The Morgan fingerprint density at radius 2 is 1.52 bits per heavy atom. The summed E-state index contributed by atoms with van der Waals surface area (Å²) in [6.45, 7) is 3.32. The fourth-order valence-electron chi connectivity index (χ4n) is 3.48. The van der Waals surface area contributed by atoms with Gasteiger partial charge in [0.25, 0.3) is 0 Å². The Labute approximate surface area is 203 Å². The molecule has 8 heteroatoms. The van der Waals surface area contributed by atoms with Crippen LogP contribution in [0.4, 0.5) is 0 Å². The van der Waals surface area contributed by atoms with E-state index in [0.29, 0.717) is 27.1 Å². The Balaban J connectivity index is 1.83. The highest BCUT2D eigenvalue weighted by Crippen LogP contribution is 2.37. The average molecular weight is 501 g/mol. The van der Waals surface area contributed by atoms with Gasteiger partial charge in [-0.15, -0.1) is 0 Å². The molecule has 1 N–H and O–H groups in total. The minimum absolute atomic E-state index is 0.268. The smallest absolute Gasteiger partial charge is 0.175 e. The number of aliphatic hydroxyl groups is 1. The van der Waals surface area contributed by atoms with E-state index in [0.717, 1.165) is 16.8 Å². The quantitative estimate of drug-likeness (QED) is 0.356. The van der Waals surface area contributed by atoms with Crippen molar-refractivity contribution in [1.82, 2.24) is 9.55 Å². The zero-order valence-electron chi connectivity index (χ0n) is 18.3. The van der Waals surface area contributed by atoms with Gasteiger partial charge in [-0.3, -0.25) is 4.57 Å². The predicted octanol–water partition coefficient (Wildman–Crippen LogP) is 6.14. The summed E-state index contributed by atoms with van der Waals surface area (Å²) >= 11 is 12.9. The molecule has 0 saturated heterocycles. The number of hydrogen-bond donors (Lipinski definition) is 1. The third-order valence-electron chi connectivity index (χ3n) is 5.26. The van der Waals surface area contributed by atoms with Gasteiger partial charge in [-0.05, 0) is 61.4 Å². The molecule has 3 aromatic carbocycles. The molecule has 4 rings (SSSR count). The molecule has 0 atom stereocenters. The highest BCUT2D eigenvalue weighted by atomic mass is 35.5. The zero-order chi connectivity index (χ0) is 24.0. The lowest BCUT2D eigenvalue weighted by Crippen LogP contribution is -2.15. The van der Waals surface area contributed by atoms with E-state index in [9.17, 15) is 13.5 Å². The standard InChI is InChI=1S/C25H22Cl2N2O3S/c1-25(2,30)22-15-29(24(28-22)23-20(26)8-5-9-21(23)27)18-12-10-16(11-13-18)17-6-4-7-19(14-17)33(3,31)32/h4-15,30H,1-3H3. The largest absolute Gasteiger partial charge is 0.384 e. The van der Waals surface area contributed by atoms with Crippen LogP contribution in [0, 0.1) is 0 Å². The van der Waals surface area contributed by atoms with Gasteiger partial charge in [0.15, 0.2) is 9.84 Å². The fraction of sp³-hybridized carbons (Fsp3) is 0.160. The van der Waals surface area contributed by atoms with Crippen molar-refractivity contribution in [3.8, 4) is 28.2 Å². The van der Waals surface area contributed by atoms with Gasteiger partial charge in [0.05, 0.1) is 26.2 Å². The molecule has 0 saturated carbocycles. The molecule has 0 radical (unpaired) electrons. The Hall–Kier alpha value is -2.64. The second-order valence-electron chi connectivity index (χ2n) is 8.32. The monoisotopic (exact) mass is 500 g/mol. The normalized spacial score (nSPS) is 12.2. The van der Waals surface area contributed by atoms with Gasteiger partial charge in [0, 0.05) is 18.1 Å². The highest BCUT2D eigenvalue weighted by molar-refractivity contribution is 7.90. The molecule has 0 aliphatic carbocycles. The molecule has 5 nitrogen and oxygen atoms in total. The van der Waals surface area contributed by atoms with Crippen LogP contribution in [0.25, 0.3) is 28.2 Å². The maximum Gasteiger partial charge on any atom is 0.175 e. The van der Waals surface area contributed by atoms with Crippen LogP contribution in [0.5, 0.6) is 0 Å². The van der Waals surface area contributed by atoms with Crippen molar-refractivity contribution in [3.05, 3.63) is 88.7 Å². The number of aromatic nitrogens is 2. The lowest BCUT2D eigenvalue weighted by Gasteiger charge is -2.13. The van der Waals surface area contributed by atoms with Gasteiger partial charge in [-0.1, -0.05) is 53.5 Å². The maximum atomic E-state index is 11.9. The number of hydrogen-bond acceptors (Lipinski definition) is 4. The summed E-state index contributed by atoms with van der Waals surface area (Å²) in [4.78, 5) is 4.91. The summed E-state index contributed by atoms with van der Waals surface area (Å²) in [6, 6.07) is 19.7. The fourth-order valence-corrected chi connectivity index (χ4v) is 4.71. The summed E-state index contributed by atoms with van der Waals surface area (Å²) in [5.41, 5.74) is 2.32. The first kappa shape index (κ1) is 23.5. The van der Waals surface area contributed by atoms with Gasteiger partial charge in [0.1, 0.15) is 11.4 Å². The number of nitrogens with zero attached hydrogens (tertiary/aromatic N) is 2. The maximum absolute atomic E-state index is 11.9. The van der Waals surface area contributed by atoms with Crippen molar-refractivity contribution in [2.45, 2.75) is 24.3 Å². The molecule has 1 aromatic heterocycles. The van der Waals surface area contributed by atoms with E-state index in [2.05, 4.69) is 4.98 Å². The van der Waals surface area contributed by atoms with Gasteiger partial charge >= 0.3 is 0 Å². The molecular formula is C25H22Cl2N2O3S. The lowest BCUT2D eigenvalue weighted by molar-refractivity contribution is 0.0743. The lowest BCUT2D eigenvalue weighted by atomic mass is 10.1. The van der Waals surface area contributed by atoms with Crippen LogP contribution in [0.3, 0.4) is 0 Å². The van der Waals surface area contributed by atoms with E-state index < -0.39 is 15.4 Å². The van der Waals surface area contributed by atoms with E-state index in [-0.39, 0.29) is 4.90 Å². The molecule has 0 fully saturated rings.